The number of hydrazine groups is 1. The van der Waals surface area contributed by atoms with Crippen molar-refractivity contribution in [1.82, 2.24) is 26.1 Å². The number of amides is 2. The summed E-state index contributed by atoms with van der Waals surface area (Å²) in [6, 6.07) is 15.6. The highest BCUT2D eigenvalue weighted by Gasteiger charge is 2.47. The van der Waals surface area contributed by atoms with E-state index in [0.29, 0.717) is 30.5 Å². The standard InChI is InChI=1S/C22H27N5O/c1-14-9-16(7-8-23-14)21-18-10-17-13-27(12-15-5-3-2-4-6-15)22(28)24-19(17)11-20(18)25-26-21/h2-9,17-21,25-26H,10-13H2,1H3,(H,24,28). The average molecular weight is 377 g/mol. The Labute approximate surface area is 165 Å². The Morgan fingerprint density at radius 2 is 1.96 bits per heavy atom. The number of pyridine rings is 1. The number of carbonyl (C=O) groups excluding carboxylic acids is 1. The van der Waals surface area contributed by atoms with Crippen LogP contribution in [0.15, 0.2) is 48.7 Å². The number of rotatable bonds is 3. The molecule has 5 rings (SSSR count). The number of benzene rings is 1. The van der Waals surface area contributed by atoms with Crippen LogP contribution in [-0.2, 0) is 6.54 Å². The molecule has 1 aromatic carbocycles. The van der Waals surface area contributed by atoms with Gasteiger partial charge in [0.2, 0.25) is 0 Å². The van der Waals surface area contributed by atoms with Gasteiger partial charge in [0.1, 0.15) is 0 Å². The number of nitrogens with zero attached hydrogens (tertiary/aromatic N) is 2. The third-order valence-electron chi connectivity index (χ3n) is 6.57. The minimum atomic E-state index is 0.0656. The van der Waals surface area contributed by atoms with Crippen molar-refractivity contribution in [2.45, 2.75) is 44.4 Å². The van der Waals surface area contributed by atoms with E-state index in [2.05, 4.69) is 45.4 Å². The number of carbonyl (C=O) groups is 1. The SMILES string of the molecule is Cc1cc(C2NNC3CC4NC(=O)N(Cc5ccccc5)CC4CC32)ccn1. The van der Waals surface area contributed by atoms with Gasteiger partial charge in [-0.15, -0.1) is 0 Å². The summed E-state index contributed by atoms with van der Waals surface area (Å²) in [4.78, 5) is 18.9. The Morgan fingerprint density at radius 3 is 2.79 bits per heavy atom. The largest absolute Gasteiger partial charge is 0.335 e. The van der Waals surface area contributed by atoms with E-state index in [0.717, 1.165) is 25.1 Å². The lowest BCUT2D eigenvalue weighted by molar-refractivity contribution is 0.0961. The second-order valence-corrected chi connectivity index (χ2v) is 8.42. The van der Waals surface area contributed by atoms with Gasteiger partial charge in [0.05, 0.1) is 6.04 Å². The van der Waals surface area contributed by atoms with Crippen LogP contribution in [0.1, 0.15) is 35.7 Å². The van der Waals surface area contributed by atoms with Gasteiger partial charge in [-0.3, -0.25) is 10.4 Å². The van der Waals surface area contributed by atoms with Crippen LogP contribution in [0.3, 0.4) is 0 Å². The summed E-state index contributed by atoms with van der Waals surface area (Å²) >= 11 is 0. The monoisotopic (exact) mass is 377 g/mol. The lowest BCUT2D eigenvalue weighted by atomic mass is 9.71. The number of aryl methyl sites for hydroxylation is 1. The van der Waals surface area contributed by atoms with Gasteiger partial charge in [-0.2, -0.15) is 0 Å². The fourth-order valence-corrected chi connectivity index (χ4v) is 5.18. The number of fused-ring (bicyclic) bond motifs is 2. The first-order valence-corrected chi connectivity index (χ1v) is 10.2. The molecular formula is C22H27N5O. The average Bonchev–Trinajstić information content (AvgIpc) is 3.10. The lowest BCUT2D eigenvalue weighted by Gasteiger charge is -2.45. The molecule has 5 unspecified atom stereocenters. The molecule has 2 amide bonds. The minimum Gasteiger partial charge on any atom is -0.335 e. The molecule has 1 aliphatic carbocycles. The van der Waals surface area contributed by atoms with Gasteiger partial charge in [0, 0.05) is 37.1 Å². The van der Waals surface area contributed by atoms with Crippen LogP contribution in [0.5, 0.6) is 0 Å². The van der Waals surface area contributed by atoms with Crippen molar-refractivity contribution in [3.8, 4) is 0 Å². The van der Waals surface area contributed by atoms with E-state index in [4.69, 9.17) is 0 Å². The smallest absolute Gasteiger partial charge is 0.317 e. The summed E-state index contributed by atoms with van der Waals surface area (Å²) in [6.45, 7) is 3.54. The third kappa shape index (κ3) is 3.27. The number of hydrogen-bond donors (Lipinski definition) is 3. The maximum atomic E-state index is 12.6. The predicted octanol–water partition coefficient (Wildman–Crippen LogP) is 2.53. The van der Waals surface area contributed by atoms with Crippen molar-refractivity contribution in [1.29, 1.82) is 0 Å². The molecule has 28 heavy (non-hydrogen) atoms. The zero-order chi connectivity index (χ0) is 19.1. The highest BCUT2D eigenvalue weighted by Crippen LogP contribution is 2.41. The highest BCUT2D eigenvalue weighted by atomic mass is 16.2. The molecule has 3 fully saturated rings. The zero-order valence-electron chi connectivity index (χ0n) is 16.1. The van der Waals surface area contributed by atoms with Crippen molar-refractivity contribution in [3.63, 3.8) is 0 Å². The maximum Gasteiger partial charge on any atom is 0.317 e. The van der Waals surface area contributed by atoms with Gasteiger partial charge < -0.3 is 10.2 Å². The molecule has 5 atom stereocenters. The first-order valence-electron chi connectivity index (χ1n) is 10.2. The molecule has 3 N–H and O–H groups in total. The first-order chi connectivity index (χ1) is 13.7. The van der Waals surface area contributed by atoms with Crippen molar-refractivity contribution < 1.29 is 4.79 Å². The van der Waals surface area contributed by atoms with E-state index in [1.165, 1.54) is 11.1 Å². The molecule has 3 aliphatic rings. The zero-order valence-corrected chi connectivity index (χ0v) is 16.1. The van der Waals surface area contributed by atoms with Crippen LogP contribution in [0.2, 0.25) is 0 Å². The highest BCUT2D eigenvalue weighted by molar-refractivity contribution is 5.75. The van der Waals surface area contributed by atoms with E-state index >= 15 is 0 Å². The van der Waals surface area contributed by atoms with Crippen molar-refractivity contribution >= 4 is 6.03 Å². The van der Waals surface area contributed by atoms with Crippen LogP contribution < -0.4 is 16.2 Å². The molecule has 3 heterocycles. The first kappa shape index (κ1) is 17.6. The number of nitrogens with one attached hydrogen (secondary N) is 3. The molecule has 0 spiro atoms. The lowest BCUT2D eigenvalue weighted by Crippen LogP contribution is -2.60. The molecule has 1 aromatic heterocycles. The third-order valence-corrected chi connectivity index (χ3v) is 6.57. The summed E-state index contributed by atoms with van der Waals surface area (Å²) < 4.78 is 0. The Hall–Kier alpha value is -2.44. The Bertz CT molecular complexity index is 857. The van der Waals surface area contributed by atoms with Crippen LogP contribution in [0, 0.1) is 18.8 Å². The Morgan fingerprint density at radius 1 is 1.11 bits per heavy atom. The van der Waals surface area contributed by atoms with E-state index in [1.807, 2.05) is 36.2 Å². The fourth-order valence-electron chi connectivity index (χ4n) is 5.18. The van der Waals surface area contributed by atoms with E-state index < -0.39 is 0 Å². The van der Waals surface area contributed by atoms with E-state index in [-0.39, 0.29) is 12.1 Å². The van der Waals surface area contributed by atoms with Crippen LogP contribution >= 0.6 is 0 Å². The van der Waals surface area contributed by atoms with Gasteiger partial charge in [-0.1, -0.05) is 30.3 Å². The molecule has 2 aromatic rings. The summed E-state index contributed by atoms with van der Waals surface area (Å²) in [6.07, 6.45) is 3.98. The van der Waals surface area contributed by atoms with Gasteiger partial charge in [0.25, 0.3) is 0 Å². The van der Waals surface area contributed by atoms with E-state index in [1.54, 1.807) is 0 Å². The normalized spacial score (nSPS) is 31.8. The molecule has 6 heteroatoms. The molecule has 2 saturated heterocycles. The fraction of sp³-hybridized carbons (Fsp3) is 0.455. The second kappa shape index (κ2) is 7.18. The number of urea groups is 1. The summed E-state index contributed by atoms with van der Waals surface area (Å²) in [7, 11) is 0. The Balaban J connectivity index is 1.32. The molecule has 0 bridgehead atoms. The molecule has 2 aliphatic heterocycles. The number of aromatic nitrogens is 1. The van der Waals surface area contributed by atoms with Gasteiger partial charge in [-0.05, 0) is 54.9 Å². The van der Waals surface area contributed by atoms with Crippen LogP contribution in [-0.4, -0.2) is 34.5 Å². The van der Waals surface area contributed by atoms with Crippen molar-refractivity contribution in [2.75, 3.05) is 6.54 Å². The molecule has 0 radical (unpaired) electrons. The summed E-state index contributed by atoms with van der Waals surface area (Å²) in [5.74, 6) is 1.01. The van der Waals surface area contributed by atoms with Crippen molar-refractivity contribution in [2.24, 2.45) is 11.8 Å². The van der Waals surface area contributed by atoms with E-state index in [9.17, 15) is 4.79 Å². The maximum absolute atomic E-state index is 12.6. The summed E-state index contributed by atoms with van der Waals surface area (Å²) in [5.41, 5.74) is 10.5. The molecule has 1 saturated carbocycles. The molecule has 6 nitrogen and oxygen atoms in total. The predicted molar refractivity (Wildman–Crippen MR) is 107 cm³/mol. The Kier molecular flexibility index (Phi) is 4.53. The quantitative estimate of drug-likeness (QED) is 0.769. The second-order valence-electron chi connectivity index (χ2n) is 8.42. The topological polar surface area (TPSA) is 69.3 Å². The van der Waals surface area contributed by atoms with Crippen molar-refractivity contribution in [3.05, 3.63) is 65.5 Å². The van der Waals surface area contributed by atoms with Gasteiger partial charge >= 0.3 is 6.03 Å². The van der Waals surface area contributed by atoms with Crippen LogP contribution in [0.4, 0.5) is 4.79 Å². The van der Waals surface area contributed by atoms with Gasteiger partial charge in [0.15, 0.2) is 0 Å². The summed E-state index contributed by atoms with van der Waals surface area (Å²) in [5, 5.41) is 3.27. The molecular weight excluding hydrogens is 350 g/mol. The van der Waals surface area contributed by atoms with Crippen LogP contribution in [0.25, 0.3) is 0 Å². The number of hydrogen-bond acceptors (Lipinski definition) is 4. The molecule has 146 valence electrons. The minimum absolute atomic E-state index is 0.0656. The van der Waals surface area contributed by atoms with Gasteiger partial charge in [-0.25, -0.2) is 10.2 Å².